The van der Waals surface area contributed by atoms with Crippen molar-refractivity contribution in [3.8, 4) is 0 Å². The zero-order chi connectivity index (χ0) is 17.3. The Labute approximate surface area is 141 Å². The van der Waals surface area contributed by atoms with Gasteiger partial charge < -0.3 is 5.32 Å². The maximum absolute atomic E-state index is 12.4. The molecule has 2 aromatic carbocycles. The number of halogens is 1. The number of hydrogen-bond donors (Lipinski definition) is 1. The summed E-state index contributed by atoms with van der Waals surface area (Å²) < 4.78 is 0. The van der Waals surface area contributed by atoms with E-state index >= 15 is 0 Å². The highest BCUT2D eigenvalue weighted by Gasteiger charge is 2.34. The Balaban J connectivity index is 1.92. The summed E-state index contributed by atoms with van der Waals surface area (Å²) in [6.07, 6.45) is 1.39. The predicted octanol–water partition coefficient (Wildman–Crippen LogP) is 3.35. The summed E-state index contributed by atoms with van der Waals surface area (Å²) in [6, 6.07) is 11.4. The molecule has 0 bridgehead atoms. The van der Waals surface area contributed by atoms with Crippen LogP contribution in [0.1, 0.15) is 5.56 Å². The molecule has 2 aromatic rings. The number of non-ortho nitro benzene ring substituents is 1. The minimum Gasteiger partial charge on any atom is -0.302 e. The largest absolute Gasteiger partial charge is 0.333 e. The van der Waals surface area contributed by atoms with E-state index in [2.05, 4.69) is 5.32 Å². The molecule has 0 aliphatic carbocycles. The van der Waals surface area contributed by atoms with Crippen molar-refractivity contribution in [2.24, 2.45) is 0 Å². The van der Waals surface area contributed by atoms with Crippen molar-refractivity contribution >= 4 is 41.0 Å². The van der Waals surface area contributed by atoms with Crippen LogP contribution in [0.3, 0.4) is 0 Å². The number of hydrogen-bond acceptors (Lipinski definition) is 4. The molecule has 24 heavy (non-hydrogen) atoms. The zero-order valence-electron chi connectivity index (χ0n) is 12.1. The number of anilines is 1. The van der Waals surface area contributed by atoms with Crippen molar-refractivity contribution < 1.29 is 14.5 Å². The number of benzene rings is 2. The molecule has 0 unspecified atom stereocenters. The van der Waals surface area contributed by atoms with Crippen molar-refractivity contribution in [2.45, 2.75) is 0 Å². The Morgan fingerprint density at radius 2 is 1.83 bits per heavy atom. The highest BCUT2D eigenvalue weighted by molar-refractivity contribution is 6.31. The first-order chi connectivity index (χ1) is 11.5. The van der Waals surface area contributed by atoms with Crippen molar-refractivity contribution in [1.29, 1.82) is 0 Å². The molecule has 0 radical (unpaired) electrons. The van der Waals surface area contributed by atoms with Crippen molar-refractivity contribution in [2.75, 3.05) is 4.90 Å². The number of imide groups is 1. The summed E-state index contributed by atoms with van der Waals surface area (Å²) in [5, 5.41) is 13.7. The van der Waals surface area contributed by atoms with E-state index in [1.807, 2.05) is 0 Å². The maximum Gasteiger partial charge on any atom is 0.333 e. The first kappa shape index (κ1) is 15.7. The van der Waals surface area contributed by atoms with Gasteiger partial charge in [-0.2, -0.15) is 0 Å². The number of nitrogens with zero attached hydrogens (tertiary/aromatic N) is 2. The van der Waals surface area contributed by atoms with E-state index in [0.717, 1.165) is 4.90 Å². The van der Waals surface area contributed by atoms with Crippen LogP contribution in [0.5, 0.6) is 0 Å². The second kappa shape index (κ2) is 6.13. The summed E-state index contributed by atoms with van der Waals surface area (Å²) in [7, 11) is 0. The van der Waals surface area contributed by atoms with Gasteiger partial charge >= 0.3 is 6.03 Å². The summed E-state index contributed by atoms with van der Waals surface area (Å²) in [6.45, 7) is 0. The van der Waals surface area contributed by atoms with Gasteiger partial charge in [-0.25, -0.2) is 9.69 Å². The van der Waals surface area contributed by atoms with Crippen LogP contribution in [0.4, 0.5) is 16.2 Å². The lowest BCUT2D eigenvalue weighted by Crippen LogP contribution is -2.30. The number of carbonyl (C=O) groups is 2. The lowest BCUT2D eigenvalue weighted by molar-refractivity contribution is -0.384. The highest BCUT2D eigenvalue weighted by Crippen LogP contribution is 2.24. The fraction of sp³-hybridized carbons (Fsp3) is 0. The molecule has 0 saturated carbocycles. The van der Waals surface area contributed by atoms with Crippen LogP contribution in [-0.2, 0) is 4.79 Å². The third-order valence-corrected chi connectivity index (χ3v) is 3.61. The standard InChI is InChI=1S/C16H10ClN3O4/c17-11-4-6-12(7-5-11)19-15(21)14(18-16(19)22)9-10-2-1-3-13(8-10)20(23)24/h1-9H,(H,18,22). The third-order valence-electron chi connectivity index (χ3n) is 3.36. The molecule has 0 aromatic heterocycles. The van der Waals surface area contributed by atoms with Crippen LogP contribution in [-0.4, -0.2) is 16.9 Å². The molecular weight excluding hydrogens is 334 g/mol. The van der Waals surface area contributed by atoms with Gasteiger partial charge in [-0.05, 0) is 35.9 Å². The van der Waals surface area contributed by atoms with Gasteiger partial charge in [0.25, 0.3) is 11.6 Å². The first-order valence-electron chi connectivity index (χ1n) is 6.83. The van der Waals surface area contributed by atoms with E-state index in [-0.39, 0.29) is 11.4 Å². The van der Waals surface area contributed by atoms with Crippen molar-refractivity contribution in [3.63, 3.8) is 0 Å². The zero-order valence-corrected chi connectivity index (χ0v) is 12.9. The number of rotatable bonds is 3. The second-order valence-corrected chi connectivity index (χ2v) is 5.39. The fourth-order valence-electron chi connectivity index (χ4n) is 2.25. The van der Waals surface area contributed by atoms with Gasteiger partial charge in [0.1, 0.15) is 5.70 Å². The van der Waals surface area contributed by atoms with Crippen LogP contribution >= 0.6 is 11.6 Å². The summed E-state index contributed by atoms with van der Waals surface area (Å²) in [4.78, 5) is 35.7. The molecule has 1 heterocycles. The van der Waals surface area contributed by atoms with Gasteiger partial charge in [-0.1, -0.05) is 23.7 Å². The number of nitro groups is 1. The van der Waals surface area contributed by atoms with Gasteiger partial charge in [-0.3, -0.25) is 14.9 Å². The molecule has 0 spiro atoms. The minimum atomic E-state index is -0.598. The van der Waals surface area contributed by atoms with E-state index in [1.165, 1.54) is 24.3 Å². The molecule has 7 nitrogen and oxygen atoms in total. The number of amides is 3. The van der Waals surface area contributed by atoms with E-state index in [1.54, 1.807) is 30.3 Å². The highest BCUT2D eigenvalue weighted by atomic mass is 35.5. The normalized spacial score (nSPS) is 15.7. The molecule has 1 saturated heterocycles. The summed E-state index contributed by atoms with van der Waals surface area (Å²) in [5.74, 6) is -0.547. The van der Waals surface area contributed by atoms with Crippen molar-refractivity contribution in [1.82, 2.24) is 5.32 Å². The quantitative estimate of drug-likeness (QED) is 0.400. The van der Waals surface area contributed by atoms with E-state index in [4.69, 9.17) is 11.6 Å². The number of urea groups is 1. The Bertz CT molecular complexity index is 877. The van der Waals surface area contributed by atoms with Gasteiger partial charge in [-0.15, -0.1) is 0 Å². The lowest BCUT2D eigenvalue weighted by Gasteiger charge is -2.11. The summed E-state index contributed by atoms with van der Waals surface area (Å²) in [5.41, 5.74) is 0.751. The van der Waals surface area contributed by atoms with Crippen LogP contribution < -0.4 is 10.2 Å². The second-order valence-electron chi connectivity index (χ2n) is 4.96. The SMILES string of the molecule is O=C1NC(=Cc2cccc([N+](=O)[O-])c2)C(=O)N1c1ccc(Cl)cc1. The molecule has 3 amide bonds. The van der Waals surface area contributed by atoms with Crippen LogP contribution in [0.15, 0.2) is 54.2 Å². The molecule has 0 atom stereocenters. The topological polar surface area (TPSA) is 92.5 Å². The maximum atomic E-state index is 12.4. The number of nitro benzene ring substituents is 1. The van der Waals surface area contributed by atoms with Crippen LogP contribution in [0.2, 0.25) is 5.02 Å². The Morgan fingerprint density at radius 3 is 2.50 bits per heavy atom. The molecule has 1 N–H and O–H groups in total. The molecule has 8 heteroatoms. The number of carbonyl (C=O) groups excluding carboxylic acids is 2. The monoisotopic (exact) mass is 343 g/mol. The van der Waals surface area contributed by atoms with Crippen LogP contribution in [0.25, 0.3) is 6.08 Å². The van der Waals surface area contributed by atoms with E-state index in [0.29, 0.717) is 16.3 Å². The Kier molecular flexibility index (Phi) is 4.01. The first-order valence-corrected chi connectivity index (χ1v) is 7.20. The van der Waals surface area contributed by atoms with E-state index in [9.17, 15) is 19.7 Å². The van der Waals surface area contributed by atoms with Gasteiger partial charge in [0.05, 0.1) is 10.6 Å². The van der Waals surface area contributed by atoms with Crippen molar-refractivity contribution in [3.05, 3.63) is 74.9 Å². The average Bonchev–Trinajstić information content (AvgIpc) is 2.83. The third kappa shape index (κ3) is 2.97. The summed E-state index contributed by atoms with van der Waals surface area (Å²) >= 11 is 5.80. The Hall–Kier alpha value is -3.19. The lowest BCUT2D eigenvalue weighted by atomic mass is 10.1. The Morgan fingerprint density at radius 1 is 1.12 bits per heavy atom. The molecule has 1 aliphatic heterocycles. The van der Waals surface area contributed by atoms with Gasteiger partial charge in [0.2, 0.25) is 0 Å². The average molecular weight is 344 g/mol. The van der Waals surface area contributed by atoms with E-state index < -0.39 is 16.9 Å². The van der Waals surface area contributed by atoms with Gasteiger partial charge in [0, 0.05) is 17.2 Å². The smallest absolute Gasteiger partial charge is 0.302 e. The fourth-order valence-corrected chi connectivity index (χ4v) is 2.38. The van der Waals surface area contributed by atoms with Gasteiger partial charge in [0.15, 0.2) is 0 Å². The minimum absolute atomic E-state index is 0.0375. The molecular formula is C16H10ClN3O4. The molecule has 1 fully saturated rings. The molecule has 120 valence electrons. The molecule has 3 rings (SSSR count). The molecule has 1 aliphatic rings. The van der Waals surface area contributed by atoms with Crippen LogP contribution in [0, 0.1) is 10.1 Å². The number of nitrogens with one attached hydrogen (secondary N) is 1. The predicted molar refractivity (Wildman–Crippen MR) is 88.5 cm³/mol.